The Balaban J connectivity index is 2.46. The molecule has 2 rings (SSSR count). The molecule has 1 heterocycles. The molecule has 2 atom stereocenters. The predicted octanol–water partition coefficient (Wildman–Crippen LogP) is -0.0963. The van der Waals surface area contributed by atoms with E-state index in [4.69, 9.17) is 9.84 Å². The van der Waals surface area contributed by atoms with Crippen LogP contribution < -0.4 is 4.74 Å². The largest absolute Gasteiger partial charge is 0.495 e. The van der Waals surface area contributed by atoms with Crippen LogP contribution in [-0.2, 0) is 14.8 Å². The van der Waals surface area contributed by atoms with Crippen molar-refractivity contribution in [1.29, 1.82) is 0 Å². The lowest BCUT2D eigenvalue weighted by Crippen LogP contribution is -2.40. The fourth-order valence-corrected chi connectivity index (χ4v) is 4.02. The molecule has 7 nitrogen and oxygen atoms in total. The highest BCUT2D eigenvalue weighted by Crippen LogP contribution is 2.31. The molecule has 0 spiro atoms. The molecule has 0 radical (unpaired) electrons. The van der Waals surface area contributed by atoms with Crippen LogP contribution in [-0.4, -0.2) is 54.7 Å². The SMILES string of the molecule is COc1ccccc1S(=O)(=O)N1CC(O)CC1C(=O)O. The summed E-state index contributed by atoms with van der Waals surface area (Å²) in [4.78, 5) is 11.0. The van der Waals surface area contributed by atoms with Gasteiger partial charge in [0.2, 0.25) is 10.0 Å². The van der Waals surface area contributed by atoms with Gasteiger partial charge in [-0.15, -0.1) is 0 Å². The summed E-state index contributed by atoms with van der Waals surface area (Å²) >= 11 is 0. The van der Waals surface area contributed by atoms with Crippen LogP contribution in [0.5, 0.6) is 5.75 Å². The van der Waals surface area contributed by atoms with Crippen molar-refractivity contribution in [2.45, 2.75) is 23.5 Å². The molecule has 110 valence electrons. The normalized spacial score (nSPS) is 23.7. The average molecular weight is 301 g/mol. The lowest BCUT2D eigenvalue weighted by Gasteiger charge is -2.21. The van der Waals surface area contributed by atoms with Gasteiger partial charge in [-0.05, 0) is 12.1 Å². The minimum absolute atomic E-state index is 0.108. The first-order valence-corrected chi connectivity index (χ1v) is 7.37. The fourth-order valence-electron chi connectivity index (χ4n) is 2.23. The molecular formula is C12H15NO6S. The van der Waals surface area contributed by atoms with Gasteiger partial charge in [-0.1, -0.05) is 12.1 Å². The van der Waals surface area contributed by atoms with Crippen molar-refractivity contribution >= 4 is 16.0 Å². The van der Waals surface area contributed by atoms with Crippen LogP contribution in [0.25, 0.3) is 0 Å². The number of methoxy groups -OCH3 is 1. The Bertz CT molecular complexity index is 614. The summed E-state index contributed by atoms with van der Waals surface area (Å²) in [5, 5.41) is 18.6. The lowest BCUT2D eigenvalue weighted by atomic mass is 10.2. The Labute approximate surface area is 116 Å². The van der Waals surface area contributed by atoms with Gasteiger partial charge in [0.25, 0.3) is 0 Å². The van der Waals surface area contributed by atoms with E-state index < -0.39 is 28.1 Å². The molecule has 1 aromatic carbocycles. The summed E-state index contributed by atoms with van der Waals surface area (Å²) in [6.07, 6.45) is -1.11. The number of benzene rings is 1. The van der Waals surface area contributed by atoms with Crippen molar-refractivity contribution in [2.24, 2.45) is 0 Å². The Kier molecular flexibility index (Phi) is 3.98. The second-order valence-corrected chi connectivity index (χ2v) is 6.33. The van der Waals surface area contributed by atoms with Crippen molar-refractivity contribution in [2.75, 3.05) is 13.7 Å². The van der Waals surface area contributed by atoms with Gasteiger partial charge >= 0.3 is 5.97 Å². The Morgan fingerprint density at radius 1 is 1.40 bits per heavy atom. The average Bonchev–Trinajstić information content (AvgIpc) is 2.82. The number of ether oxygens (including phenoxy) is 1. The van der Waals surface area contributed by atoms with Crippen LogP contribution in [0.4, 0.5) is 0 Å². The van der Waals surface area contributed by atoms with Crippen LogP contribution >= 0.6 is 0 Å². The third-order valence-corrected chi connectivity index (χ3v) is 5.09. The molecular weight excluding hydrogens is 286 g/mol. The number of carboxylic acid groups (broad SMARTS) is 1. The Morgan fingerprint density at radius 3 is 2.65 bits per heavy atom. The van der Waals surface area contributed by atoms with E-state index in [-0.39, 0.29) is 23.6 Å². The highest BCUT2D eigenvalue weighted by molar-refractivity contribution is 7.89. The molecule has 1 aliphatic rings. The van der Waals surface area contributed by atoms with Gasteiger partial charge in [0.1, 0.15) is 16.7 Å². The summed E-state index contributed by atoms with van der Waals surface area (Å²) < 4.78 is 30.9. The molecule has 0 aromatic heterocycles. The van der Waals surface area contributed by atoms with Gasteiger partial charge in [-0.3, -0.25) is 4.79 Å². The van der Waals surface area contributed by atoms with E-state index in [0.29, 0.717) is 0 Å². The summed E-state index contributed by atoms with van der Waals surface area (Å²) in [7, 11) is -2.71. The topological polar surface area (TPSA) is 104 Å². The van der Waals surface area contributed by atoms with Gasteiger partial charge in [0.15, 0.2) is 0 Å². The van der Waals surface area contributed by atoms with Gasteiger partial charge < -0.3 is 14.9 Å². The van der Waals surface area contributed by atoms with Crippen LogP contribution in [0.2, 0.25) is 0 Å². The number of carboxylic acids is 1. The number of aliphatic carboxylic acids is 1. The van der Waals surface area contributed by atoms with E-state index in [2.05, 4.69) is 0 Å². The molecule has 8 heteroatoms. The number of sulfonamides is 1. The molecule has 0 aliphatic carbocycles. The van der Waals surface area contributed by atoms with Crippen LogP contribution in [0.15, 0.2) is 29.2 Å². The molecule has 1 fully saturated rings. The third kappa shape index (κ3) is 2.49. The van der Waals surface area contributed by atoms with Crippen molar-refractivity contribution in [3.05, 3.63) is 24.3 Å². The second kappa shape index (κ2) is 5.39. The molecule has 20 heavy (non-hydrogen) atoms. The Morgan fingerprint density at radius 2 is 2.05 bits per heavy atom. The molecule has 1 aromatic rings. The number of aliphatic hydroxyl groups excluding tert-OH is 1. The summed E-state index contributed by atoms with van der Waals surface area (Å²) in [6.45, 7) is -0.239. The fraction of sp³-hybridized carbons (Fsp3) is 0.417. The van der Waals surface area contributed by atoms with Gasteiger partial charge in [-0.25, -0.2) is 8.42 Å². The Hall–Kier alpha value is -1.64. The summed E-state index contributed by atoms with van der Waals surface area (Å²) in [5.74, 6) is -1.14. The van der Waals surface area contributed by atoms with Crippen molar-refractivity contribution in [3.63, 3.8) is 0 Å². The summed E-state index contributed by atoms with van der Waals surface area (Å²) in [5.41, 5.74) is 0. The number of carbonyl (C=O) groups is 1. The first kappa shape index (κ1) is 14.8. The molecule has 0 amide bonds. The van der Waals surface area contributed by atoms with E-state index in [0.717, 1.165) is 4.31 Å². The van der Waals surface area contributed by atoms with Gasteiger partial charge in [-0.2, -0.15) is 4.31 Å². The number of para-hydroxylation sites is 1. The van der Waals surface area contributed by atoms with Gasteiger partial charge in [0, 0.05) is 13.0 Å². The summed E-state index contributed by atoms with van der Waals surface area (Å²) in [6, 6.07) is 4.70. The third-order valence-electron chi connectivity index (χ3n) is 3.17. The predicted molar refractivity (Wildman–Crippen MR) is 68.9 cm³/mol. The maximum atomic E-state index is 12.5. The number of aliphatic hydroxyl groups is 1. The number of hydrogen-bond donors (Lipinski definition) is 2. The monoisotopic (exact) mass is 301 g/mol. The second-order valence-electron chi connectivity index (χ2n) is 4.47. The minimum Gasteiger partial charge on any atom is -0.495 e. The first-order chi connectivity index (χ1) is 9.37. The molecule has 0 bridgehead atoms. The maximum absolute atomic E-state index is 12.5. The van der Waals surface area contributed by atoms with E-state index in [1.54, 1.807) is 6.07 Å². The van der Waals surface area contributed by atoms with Crippen molar-refractivity contribution < 1.29 is 28.2 Å². The molecule has 1 aliphatic heterocycles. The van der Waals surface area contributed by atoms with E-state index in [1.807, 2.05) is 0 Å². The number of β-amino-alcohol motifs (C(OH)–C–C–N with tert-alkyl or cyclic N) is 1. The van der Waals surface area contributed by atoms with E-state index >= 15 is 0 Å². The highest BCUT2D eigenvalue weighted by atomic mass is 32.2. The first-order valence-electron chi connectivity index (χ1n) is 5.93. The van der Waals surface area contributed by atoms with Gasteiger partial charge in [0.05, 0.1) is 13.2 Å². The standard InChI is InChI=1S/C12H15NO6S/c1-19-10-4-2-3-5-11(10)20(17,18)13-7-8(14)6-9(13)12(15)16/h2-5,8-9,14H,6-7H2,1H3,(H,15,16). The van der Waals surface area contributed by atoms with E-state index in [1.165, 1.54) is 25.3 Å². The molecule has 2 unspecified atom stereocenters. The molecule has 0 saturated carbocycles. The van der Waals surface area contributed by atoms with E-state index in [9.17, 15) is 18.3 Å². The maximum Gasteiger partial charge on any atom is 0.322 e. The zero-order valence-corrected chi connectivity index (χ0v) is 11.6. The molecule has 1 saturated heterocycles. The smallest absolute Gasteiger partial charge is 0.322 e. The number of nitrogens with zero attached hydrogens (tertiary/aromatic N) is 1. The van der Waals surface area contributed by atoms with Crippen LogP contribution in [0, 0.1) is 0 Å². The number of rotatable bonds is 4. The van der Waals surface area contributed by atoms with Crippen LogP contribution in [0.3, 0.4) is 0 Å². The van der Waals surface area contributed by atoms with Crippen LogP contribution in [0.1, 0.15) is 6.42 Å². The van der Waals surface area contributed by atoms with Crippen molar-refractivity contribution in [1.82, 2.24) is 4.31 Å². The zero-order valence-electron chi connectivity index (χ0n) is 10.8. The zero-order chi connectivity index (χ0) is 14.9. The number of hydrogen-bond acceptors (Lipinski definition) is 5. The minimum atomic E-state index is -4.04. The highest BCUT2D eigenvalue weighted by Gasteiger charge is 2.44. The lowest BCUT2D eigenvalue weighted by molar-refractivity contribution is -0.140. The molecule has 2 N–H and O–H groups in total. The van der Waals surface area contributed by atoms with Crippen molar-refractivity contribution in [3.8, 4) is 5.75 Å². The quantitative estimate of drug-likeness (QED) is 0.805.